The Balaban J connectivity index is 2.44. The maximum absolute atomic E-state index is 11.0. The Labute approximate surface area is 67.1 Å². The van der Waals surface area contributed by atoms with Crippen LogP contribution in [0.1, 0.15) is 26.2 Å². The molecule has 1 rings (SSSR count). The first-order valence-corrected chi connectivity index (χ1v) is 4.08. The summed E-state index contributed by atoms with van der Waals surface area (Å²) in [5, 5.41) is 0. The van der Waals surface area contributed by atoms with E-state index in [1.807, 2.05) is 0 Å². The van der Waals surface area contributed by atoms with Gasteiger partial charge in [0.15, 0.2) is 0 Å². The van der Waals surface area contributed by atoms with Crippen molar-refractivity contribution >= 4 is 5.78 Å². The Bertz CT molecular complexity index is 147. The van der Waals surface area contributed by atoms with Crippen LogP contribution in [-0.2, 0) is 9.63 Å². The largest absolute Gasteiger partial charge is 0.300 e. The second-order valence-electron chi connectivity index (χ2n) is 3.01. The second-order valence-corrected chi connectivity index (χ2v) is 3.01. The lowest BCUT2D eigenvalue weighted by molar-refractivity contribution is -0.127. The van der Waals surface area contributed by atoms with Gasteiger partial charge in [-0.2, -0.15) is 0 Å². The van der Waals surface area contributed by atoms with Crippen molar-refractivity contribution in [3.63, 3.8) is 0 Å². The molecule has 0 radical (unpaired) electrons. The summed E-state index contributed by atoms with van der Waals surface area (Å²) in [6, 6.07) is 0. The molecule has 11 heavy (non-hydrogen) atoms. The first-order chi connectivity index (χ1) is 5.25. The van der Waals surface area contributed by atoms with Crippen LogP contribution in [0.25, 0.3) is 0 Å². The zero-order valence-corrected chi connectivity index (χ0v) is 7.09. The van der Waals surface area contributed by atoms with E-state index >= 15 is 0 Å². The van der Waals surface area contributed by atoms with Crippen LogP contribution in [0.2, 0.25) is 0 Å². The van der Waals surface area contributed by atoms with Gasteiger partial charge in [-0.3, -0.25) is 9.63 Å². The lowest BCUT2D eigenvalue weighted by atomic mass is 10.0. The minimum Gasteiger partial charge on any atom is -0.300 e. The number of ketones is 1. The zero-order chi connectivity index (χ0) is 8.27. The molecule has 0 saturated heterocycles. The van der Waals surface area contributed by atoms with Crippen molar-refractivity contribution in [3.05, 3.63) is 0 Å². The summed E-state index contributed by atoms with van der Waals surface area (Å²) in [5.41, 5.74) is 2.64. The number of hydrogen-bond acceptors (Lipinski definition) is 3. The first kappa shape index (κ1) is 8.68. The van der Waals surface area contributed by atoms with Crippen molar-refractivity contribution in [1.82, 2.24) is 5.48 Å². The fraction of sp³-hybridized carbons (Fsp3) is 0.875. The molecule has 0 aliphatic heterocycles. The maximum atomic E-state index is 11.0. The highest BCUT2D eigenvalue weighted by Crippen LogP contribution is 2.27. The van der Waals surface area contributed by atoms with Crippen molar-refractivity contribution in [2.24, 2.45) is 5.92 Å². The minimum atomic E-state index is 0.109. The van der Waals surface area contributed by atoms with Crippen molar-refractivity contribution in [2.75, 3.05) is 7.05 Å². The summed E-state index contributed by atoms with van der Waals surface area (Å²) in [7, 11) is 1.73. The van der Waals surface area contributed by atoms with Gasteiger partial charge in [-0.15, -0.1) is 0 Å². The van der Waals surface area contributed by atoms with Crippen molar-refractivity contribution < 1.29 is 9.63 Å². The van der Waals surface area contributed by atoms with Gasteiger partial charge in [0.1, 0.15) is 5.78 Å². The standard InChI is InChI=1S/C8H15NO2/c1-6(10)7-4-3-5-8(7)11-9-2/h7-9H,3-5H2,1-2H3. The van der Waals surface area contributed by atoms with Gasteiger partial charge < -0.3 is 0 Å². The number of hydroxylamine groups is 1. The highest BCUT2D eigenvalue weighted by molar-refractivity contribution is 5.79. The minimum absolute atomic E-state index is 0.109. The molecule has 1 aliphatic rings. The summed E-state index contributed by atoms with van der Waals surface area (Å²) in [6.07, 6.45) is 3.21. The van der Waals surface area contributed by atoms with E-state index in [1.165, 1.54) is 0 Å². The van der Waals surface area contributed by atoms with Gasteiger partial charge in [-0.05, 0) is 26.2 Å². The Hall–Kier alpha value is -0.410. The van der Waals surface area contributed by atoms with Crippen molar-refractivity contribution in [2.45, 2.75) is 32.3 Å². The average Bonchev–Trinajstić information content (AvgIpc) is 2.36. The molecule has 1 saturated carbocycles. The van der Waals surface area contributed by atoms with Gasteiger partial charge in [0.05, 0.1) is 6.10 Å². The molecule has 2 unspecified atom stereocenters. The van der Waals surface area contributed by atoms with Crippen molar-refractivity contribution in [3.8, 4) is 0 Å². The molecule has 1 N–H and O–H groups in total. The number of carbonyl (C=O) groups is 1. The van der Waals surface area contributed by atoms with Crippen LogP contribution in [0.4, 0.5) is 0 Å². The molecule has 64 valence electrons. The summed E-state index contributed by atoms with van der Waals surface area (Å²) in [5.74, 6) is 0.380. The summed E-state index contributed by atoms with van der Waals surface area (Å²) in [6.45, 7) is 1.64. The topological polar surface area (TPSA) is 38.3 Å². The smallest absolute Gasteiger partial charge is 0.135 e. The van der Waals surface area contributed by atoms with Crippen LogP contribution >= 0.6 is 0 Å². The molecule has 0 amide bonds. The molecule has 0 heterocycles. The van der Waals surface area contributed by atoms with Gasteiger partial charge >= 0.3 is 0 Å². The summed E-state index contributed by atoms with van der Waals surface area (Å²) < 4.78 is 0. The Morgan fingerprint density at radius 2 is 2.27 bits per heavy atom. The van der Waals surface area contributed by atoms with Crippen molar-refractivity contribution in [1.29, 1.82) is 0 Å². The fourth-order valence-electron chi connectivity index (χ4n) is 1.68. The molecule has 2 atom stereocenters. The third kappa shape index (κ3) is 2.01. The first-order valence-electron chi connectivity index (χ1n) is 4.08. The molecular formula is C8H15NO2. The van der Waals surface area contributed by atoms with Crippen LogP contribution in [-0.4, -0.2) is 18.9 Å². The molecule has 3 nitrogen and oxygen atoms in total. The van der Waals surface area contributed by atoms with E-state index in [1.54, 1.807) is 14.0 Å². The van der Waals surface area contributed by atoms with Crippen LogP contribution in [0.15, 0.2) is 0 Å². The third-order valence-electron chi connectivity index (χ3n) is 2.24. The van der Waals surface area contributed by atoms with Gasteiger partial charge in [0, 0.05) is 13.0 Å². The lowest BCUT2D eigenvalue weighted by Crippen LogP contribution is -2.28. The SMILES string of the molecule is CNOC1CCCC1C(C)=O. The van der Waals surface area contributed by atoms with E-state index in [4.69, 9.17) is 4.84 Å². The number of rotatable bonds is 3. The van der Waals surface area contributed by atoms with Gasteiger partial charge in [-0.25, -0.2) is 5.48 Å². The maximum Gasteiger partial charge on any atom is 0.135 e. The van der Waals surface area contributed by atoms with Crippen LogP contribution < -0.4 is 5.48 Å². The molecule has 0 aromatic heterocycles. The molecule has 0 bridgehead atoms. The quantitative estimate of drug-likeness (QED) is 0.618. The molecule has 0 spiro atoms. The van der Waals surface area contributed by atoms with E-state index in [0.29, 0.717) is 0 Å². The Morgan fingerprint density at radius 1 is 1.55 bits per heavy atom. The number of Topliss-reactive ketones (excluding diaryl/α,β-unsaturated/α-hetero) is 1. The number of hydrogen-bond donors (Lipinski definition) is 1. The Morgan fingerprint density at radius 3 is 2.82 bits per heavy atom. The third-order valence-corrected chi connectivity index (χ3v) is 2.24. The summed E-state index contributed by atoms with van der Waals surface area (Å²) in [4.78, 5) is 16.2. The fourth-order valence-corrected chi connectivity index (χ4v) is 1.68. The molecular weight excluding hydrogens is 142 g/mol. The lowest BCUT2D eigenvalue weighted by Gasteiger charge is -2.15. The highest BCUT2D eigenvalue weighted by Gasteiger charge is 2.31. The summed E-state index contributed by atoms with van der Waals surface area (Å²) >= 11 is 0. The van der Waals surface area contributed by atoms with Crippen LogP contribution in [0.5, 0.6) is 0 Å². The van der Waals surface area contributed by atoms with Crippen LogP contribution in [0, 0.1) is 5.92 Å². The van der Waals surface area contributed by atoms with Gasteiger partial charge in [0.2, 0.25) is 0 Å². The van der Waals surface area contributed by atoms with Gasteiger partial charge in [-0.1, -0.05) is 0 Å². The zero-order valence-electron chi connectivity index (χ0n) is 7.09. The molecule has 0 aromatic rings. The van der Waals surface area contributed by atoms with E-state index in [-0.39, 0.29) is 17.8 Å². The number of nitrogens with one attached hydrogen (secondary N) is 1. The van der Waals surface area contributed by atoms with E-state index in [9.17, 15) is 4.79 Å². The number of carbonyl (C=O) groups excluding carboxylic acids is 1. The highest BCUT2D eigenvalue weighted by atomic mass is 16.7. The second kappa shape index (κ2) is 3.83. The molecule has 1 aliphatic carbocycles. The molecule has 0 aromatic carbocycles. The predicted octanol–water partition coefficient (Wildman–Crippen LogP) is 0.895. The normalized spacial score (nSPS) is 30.7. The van der Waals surface area contributed by atoms with Crippen LogP contribution in [0.3, 0.4) is 0 Å². The van der Waals surface area contributed by atoms with E-state index < -0.39 is 0 Å². The van der Waals surface area contributed by atoms with Gasteiger partial charge in [0.25, 0.3) is 0 Å². The van der Waals surface area contributed by atoms with E-state index in [2.05, 4.69) is 5.48 Å². The molecule has 3 heteroatoms. The van der Waals surface area contributed by atoms with E-state index in [0.717, 1.165) is 19.3 Å². The predicted molar refractivity (Wildman–Crippen MR) is 42.0 cm³/mol. The average molecular weight is 157 g/mol. The molecule has 1 fully saturated rings. The Kier molecular flexibility index (Phi) is 3.02. The monoisotopic (exact) mass is 157 g/mol.